The van der Waals surface area contributed by atoms with Crippen molar-refractivity contribution in [1.29, 1.82) is 0 Å². The molecule has 0 saturated carbocycles. The molecule has 0 amide bonds. The van der Waals surface area contributed by atoms with Crippen molar-refractivity contribution in [2.45, 2.75) is 19.9 Å². The maximum absolute atomic E-state index is 13.3. The molecular formula is C13H16F2N2. The zero-order valence-electron chi connectivity index (χ0n) is 10.2. The number of aromatic nitrogens is 1. The highest BCUT2D eigenvalue weighted by Gasteiger charge is 2.16. The first-order valence-electron chi connectivity index (χ1n) is 5.70. The number of rotatable bonds is 3. The molecule has 1 unspecified atom stereocenters. The molecule has 0 spiro atoms. The molecule has 0 aliphatic rings. The minimum absolute atomic E-state index is 0.165. The maximum Gasteiger partial charge on any atom is 0.160 e. The van der Waals surface area contributed by atoms with Crippen LogP contribution in [0.1, 0.15) is 25.5 Å². The van der Waals surface area contributed by atoms with Crippen LogP contribution < -0.4 is 0 Å². The molecule has 0 aliphatic carbocycles. The third-order valence-electron chi connectivity index (χ3n) is 3.36. The molecule has 0 saturated heterocycles. The van der Waals surface area contributed by atoms with Crippen LogP contribution in [-0.4, -0.2) is 23.5 Å². The van der Waals surface area contributed by atoms with Crippen LogP contribution in [0.4, 0.5) is 8.78 Å². The molecule has 4 heteroatoms. The van der Waals surface area contributed by atoms with E-state index in [-0.39, 0.29) is 6.04 Å². The molecule has 1 heterocycles. The largest absolute Gasteiger partial charge is 0.361 e. The van der Waals surface area contributed by atoms with Gasteiger partial charge in [-0.15, -0.1) is 0 Å². The third kappa shape index (κ3) is 2.05. The van der Waals surface area contributed by atoms with E-state index in [0.717, 1.165) is 17.5 Å². The summed E-state index contributed by atoms with van der Waals surface area (Å²) in [5, 5.41) is 0.747. The molecule has 0 bridgehead atoms. The number of nitrogens with zero attached hydrogens (tertiary/aromatic N) is 1. The van der Waals surface area contributed by atoms with Crippen molar-refractivity contribution in [1.82, 2.24) is 9.88 Å². The SMILES string of the molecule is CCN(C)C(C)c1c[nH]c2cc(F)c(F)cc12. The van der Waals surface area contributed by atoms with Crippen LogP contribution in [0.2, 0.25) is 0 Å². The Kier molecular flexibility index (Phi) is 3.15. The molecular weight excluding hydrogens is 222 g/mol. The lowest BCUT2D eigenvalue weighted by Gasteiger charge is -2.22. The first kappa shape index (κ1) is 12.0. The molecule has 1 N–H and O–H groups in total. The molecule has 1 atom stereocenters. The van der Waals surface area contributed by atoms with Gasteiger partial charge in [0, 0.05) is 29.2 Å². The summed E-state index contributed by atoms with van der Waals surface area (Å²) < 4.78 is 26.3. The topological polar surface area (TPSA) is 19.0 Å². The van der Waals surface area contributed by atoms with Crippen LogP contribution in [0.5, 0.6) is 0 Å². The van der Waals surface area contributed by atoms with Crippen LogP contribution >= 0.6 is 0 Å². The van der Waals surface area contributed by atoms with Gasteiger partial charge in [-0.3, -0.25) is 4.90 Å². The predicted octanol–water partition coefficient (Wildman–Crippen LogP) is 3.46. The maximum atomic E-state index is 13.3. The molecule has 1 aromatic carbocycles. The van der Waals surface area contributed by atoms with Gasteiger partial charge in [0.1, 0.15) is 0 Å². The fraction of sp³-hybridized carbons (Fsp3) is 0.385. The smallest absolute Gasteiger partial charge is 0.160 e. The van der Waals surface area contributed by atoms with Crippen molar-refractivity contribution in [3.8, 4) is 0 Å². The van der Waals surface area contributed by atoms with E-state index in [1.165, 1.54) is 12.1 Å². The number of hydrogen-bond acceptors (Lipinski definition) is 1. The monoisotopic (exact) mass is 238 g/mol. The lowest BCUT2D eigenvalue weighted by atomic mass is 10.1. The van der Waals surface area contributed by atoms with Crippen molar-refractivity contribution >= 4 is 10.9 Å². The first-order chi connectivity index (χ1) is 8.04. The summed E-state index contributed by atoms with van der Waals surface area (Å²) in [5.74, 6) is -1.62. The Morgan fingerprint density at radius 2 is 1.94 bits per heavy atom. The number of halogens is 2. The Morgan fingerprint density at radius 1 is 1.29 bits per heavy atom. The third-order valence-corrected chi connectivity index (χ3v) is 3.36. The zero-order chi connectivity index (χ0) is 12.6. The Balaban J connectivity index is 2.52. The minimum Gasteiger partial charge on any atom is -0.361 e. The number of H-pyrrole nitrogens is 1. The van der Waals surface area contributed by atoms with Gasteiger partial charge in [-0.05, 0) is 32.1 Å². The van der Waals surface area contributed by atoms with Gasteiger partial charge in [-0.1, -0.05) is 6.92 Å². The lowest BCUT2D eigenvalue weighted by Crippen LogP contribution is -2.21. The summed E-state index contributed by atoms with van der Waals surface area (Å²) in [6, 6.07) is 2.63. The summed E-state index contributed by atoms with van der Waals surface area (Å²) in [6.07, 6.45) is 1.82. The van der Waals surface area contributed by atoms with Gasteiger partial charge in [-0.25, -0.2) is 8.78 Å². The van der Waals surface area contributed by atoms with Crippen molar-refractivity contribution < 1.29 is 8.78 Å². The normalized spacial score (nSPS) is 13.5. The second-order valence-corrected chi connectivity index (χ2v) is 4.31. The Hall–Kier alpha value is -1.42. The second-order valence-electron chi connectivity index (χ2n) is 4.31. The van der Waals surface area contributed by atoms with E-state index in [1.54, 1.807) is 0 Å². The summed E-state index contributed by atoms with van der Waals surface area (Å²) >= 11 is 0. The molecule has 17 heavy (non-hydrogen) atoms. The Labute approximate surface area is 99.2 Å². The fourth-order valence-electron chi connectivity index (χ4n) is 2.00. The molecule has 0 radical (unpaired) electrons. The number of benzene rings is 1. The van der Waals surface area contributed by atoms with E-state index in [2.05, 4.69) is 16.8 Å². The van der Waals surface area contributed by atoms with E-state index in [0.29, 0.717) is 5.52 Å². The second kappa shape index (κ2) is 4.45. The summed E-state index contributed by atoms with van der Waals surface area (Å²) in [7, 11) is 2.00. The average molecular weight is 238 g/mol. The highest BCUT2D eigenvalue weighted by atomic mass is 19.2. The highest BCUT2D eigenvalue weighted by molar-refractivity contribution is 5.83. The lowest BCUT2D eigenvalue weighted by molar-refractivity contribution is 0.277. The number of fused-ring (bicyclic) bond motifs is 1. The minimum atomic E-state index is -0.817. The van der Waals surface area contributed by atoms with Crippen molar-refractivity contribution in [2.24, 2.45) is 0 Å². The van der Waals surface area contributed by atoms with E-state index >= 15 is 0 Å². The fourth-order valence-corrected chi connectivity index (χ4v) is 2.00. The molecule has 0 aliphatic heterocycles. The van der Waals surface area contributed by atoms with Crippen LogP contribution in [0.3, 0.4) is 0 Å². The molecule has 2 nitrogen and oxygen atoms in total. The van der Waals surface area contributed by atoms with E-state index in [1.807, 2.05) is 20.2 Å². The summed E-state index contributed by atoms with van der Waals surface area (Å²) in [4.78, 5) is 5.13. The van der Waals surface area contributed by atoms with Crippen molar-refractivity contribution in [3.05, 3.63) is 35.5 Å². The van der Waals surface area contributed by atoms with Gasteiger partial charge in [0.2, 0.25) is 0 Å². The molecule has 2 rings (SSSR count). The van der Waals surface area contributed by atoms with E-state index < -0.39 is 11.6 Å². The predicted molar refractivity (Wildman–Crippen MR) is 64.9 cm³/mol. The Morgan fingerprint density at radius 3 is 2.59 bits per heavy atom. The highest BCUT2D eigenvalue weighted by Crippen LogP contribution is 2.28. The molecule has 92 valence electrons. The standard InChI is InChI=1S/C13H16F2N2/c1-4-17(3)8(2)10-7-16-13-6-12(15)11(14)5-9(10)13/h5-8,16H,4H2,1-3H3. The molecule has 1 aromatic heterocycles. The van der Waals surface area contributed by atoms with E-state index in [4.69, 9.17) is 0 Å². The summed E-state index contributed by atoms with van der Waals surface area (Å²) in [5.41, 5.74) is 1.62. The van der Waals surface area contributed by atoms with Gasteiger partial charge < -0.3 is 4.98 Å². The van der Waals surface area contributed by atoms with Gasteiger partial charge in [0.15, 0.2) is 11.6 Å². The van der Waals surface area contributed by atoms with Crippen molar-refractivity contribution in [2.75, 3.05) is 13.6 Å². The van der Waals surface area contributed by atoms with Gasteiger partial charge in [0.25, 0.3) is 0 Å². The molecule has 2 aromatic rings. The van der Waals surface area contributed by atoms with Crippen LogP contribution in [0.25, 0.3) is 10.9 Å². The van der Waals surface area contributed by atoms with Crippen molar-refractivity contribution in [3.63, 3.8) is 0 Å². The average Bonchev–Trinajstić information content (AvgIpc) is 2.70. The van der Waals surface area contributed by atoms with Crippen LogP contribution in [-0.2, 0) is 0 Å². The zero-order valence-corrected chi connectivity index (χ0v) is 10.2. The Bertz CT molecular complexity index is 533. The number of nitrogens with one attached hydrogen (secondary N) is 1. The van der Waals surface area contributed by atoms with Gasteiger partial charge in [0.05, 0.1) is 0 Å². The van der Waals surface area contributed by atoms with Crippen LogP contribution in [0, 0.1) is 11.6 Å². The number of hydrogen-bond donors (Lipinski definition) is 1. The quantitative estimate of drug-likeness (QED) is 0.867. The number of aromatic amines is 1. The molecule has 0 fully saturated rings. The van der Waals surface area contributed by atoms with Gasteiger partial charge >= 0.3 is 0 Å². The summed E-state index contributed by atoms with van der Waals surface area (Å²) in [6.45, 7) is 5.01. The van der Waals surface area contributed by atoms with Crippen LogP contribution in [0.15, 0.2) is 18.3 Å². The van der Waals surface area contributed by atoms with Gasteiger partial charge in [-0.2, -0.15) is 0 Å². The first-order valence-corrected chi connectivity index (χ1v) is 5.70. The van der Waals surface area contributed by atoms with E-state index in [9.17, 15) is 8.78 Å².